The van der Waals surface area contributed by atoms with Gasteiger partial charge in [-0.25, -0.2) is 22.3 Å². The van der Waals surface area contributed by atoms with Crippen LogP contribution in [0.25, 0.3) is 0 Å². The molecule has 178 valence electrons. The van der Waals surface area contributed by atoms with E-state index in [1.54, 1.807) is 18.2 Å². The normalized spacial score (nSPS) is 17.5. The molecule has 0 saturated carbocycles. The molecule has 0 aliphatic carbocycles. The van der Waals surface area contributed by atoms with Crippen LogP contribution in [0.2, 0.25) is 0 Å². The molecule has 3 rings (SSSR count). The second-order valence-electron chi connectivity index (χ2n) is 7.51. The average Bonchev–Trinajstić information content (AvgIpc) is 2.86. The molecule has 2 N–H and O–H groups in total. The van der Waals surface area contributed by atoms with Crippen LogP contribution in [0.15, 0.2) is 58.5 Å². The van der Waals surface area contributed by atoms with Gasteiger partial charge in [0.15, 0.2) is 0 Å². The van der Waals surface area contributed by atoms with Crippen molar-refractivity contribution < 1.29 is 27.4 Å². The van der Waals surface area contributed by atoms with Gasteiger partial charge >= 0.3 is 5.97 Å². The first kappa shape index (κ1) is 25.1. The van der Waals surface area contributed by atoms with Gasteiger partial charge in [0.25, 0.3) is 0 Å². The van der Waals surface area contributed by atoms with E-state index in [9.17, 15) is 17.6 Å². The number of hydrogen-bond acceptors (Lipinski definition) is 6. The lowest BCUT2D eigenvalue weighted by Crippen LogP contribution is -2.39. The standard InChI is InChI=1S/C23H27FN2O5S2/c1-3-5-6-17-15-26(18-9-7-16(24)8-10-18)19-13-21(32-4-2)20(31-12-11-23(27)28)14-22(19)33(29,30)25-17/h7-14,17,25H,3-6,15H2,1-2H3,(H,27,28)/b12-11+/t17-/m1/s1. The third kappa shape index (κ3) is 6.27. The average molecular weight is 495 g/mol. The number of nitrogens with zero attached hydrogens (tertiary/aromatic N) is 1. The van der Waals surface area contributed by atoms with Crippen LogP contribution in [0.5, 0.6) is 5.75 Å². The number of carboxylic acids is 1. The number of carbonyl (C=O) groups is 1. The molecule has 0 unspecified atom stereocenters. The van der Waals surface area contributed by atoms with Gasteiger partial charge in [0.05, 0.1) is 22.9 Å². The monoisotopic (exact) mass is 494 g/mol. The Labute approximate surface area is 197 Å². The molecular formula is C23H27FN2O5S2. The summed E-state index contributed by atoms with van der Waals surface area (Å²) in [4.78, 5) is 13.4. The molecule has 0 saturated heterocycles. The van der Waals surface area contributed by atoms with Crippen LogP contribution in [0, 0.1) is 5.82 Å². The van der Waals surface area contributed by atoms with Gasteiger partial charge in [0.2, 0.25) is 10.0 Å². The van der Waals surface area contributed by atoms with Crippen molar-refractivity contribution in [2.75, 3.05) is 17.2 Å². The van der Waals surface area contributed by atoms with Gasteiger partial charge in [-0.2, -0.15) is 0 Å². The zero-order chi connectivity index (χ0) is 24.0. The molecule has 1 atom stereocenters. The Kier molecular flexibility index (Phi) is 8.39. The van der Waals surface area contributed by atoms with Crippen LogP contribution in [-0.2, 0) is 14.8 Å². The van der Waals surface area contributed by atoms with E-state index in [-0.39, 0.29) is 22.5 Å². The number of aliphatic carboxylic acids is 1. The Morgan fingerprint density at radius 3 is 2.67 bits per heavy atom. The quantitative estimate of drug-likeness (QED) is 0.291. The number of fused-ring (bicyclic) bond motifs is 1. The number of halogens is 1. The number of thioether (sulfide) groups is 1. The number of rotatable bonds is 9. The van der Waals surface area contributed by atoms with Gasteiger partial charge in [-0.3, -0.25) is 0 Å². The number of anilines is 2. The van der Waals surface area contributed by atoms with Crippen molar-refractivity contribution in [3.63, 3.8) is 0 Å². The highest BCUT2D eigenvalue weighted by molar-refractivity contribution is 7.99. The predicted octanol–water partition coefficient (Wildman–Crippen LogP) is 4.90. The van der Waals surface area contributed by atoms with Gasteiger partial charge in [0, 0.05) is 24.3 Å². The number of nitrogens with one attached hydrogen (secondary N) is 1. The molecule has 10 heteroatoms. The first-order chi connectivity index (χ1) is 15.7. The van der Waals surface area contributed by atoms with E-state index in [4.69, 9.17) is 9.84 Å². The largest absolute Gasteiger partial charge is 0.478 e. The summed E-state index contributed by atoms with van der Waals surface area (Å²) < 4.78 is 48.6. The molecule has 0 radical (unpaired) electrons. The number of unbranched alkanes of at least 4 members (excludes halogenated alkanes) is 1. The second kappa shape index (κ2) is 11.0. The SMILES string of the molecule is CCCC[C@@H]1CN(c2ccc(F)cc2)c2cc(SCC)c(O/C=C/C(=O)O)cc2S(=O)(=O)N1. The van der Waals surface area contributed by atoms with Crippen molar-refractivity contribution in [2.45, 2.75) is 48.9 Å². The lowest BCUT2D eigenvalue weighted by molar-refractivity contribution is -0.131. The highest BCUT2D eigenvalue weighted by Gasteiger charge is 2.33. The highest BCUT2D eigenvalue weighted by atomic mass is 32.2. The second-order valence-corrected chi connectivity index (χ2v) is 10.5. The molecule has 2 aromatic carbocycles. The van der Waals surface area contributed by atoms with Gasteiger partial charge in [0.1, 0.15) is 16.5 Å². The maximum Gasteiger partial charge on any atom is 0.331 e. The molecule has 0 fully saturated rings. The lowest BCUT2D eigenvalue weighted by atomic mass is 10.1. The number of ether oxygens (including phenoxy) is 1. The Morgan fingerprint density at radius 1 is 1.30 bits per heavy atom. The topological polar surface area (TPSA) is 95.9 Å². The highest BCUT2D eigenvalue weighted by Crippen LogP contribution is 2.42. The Balaban J connectivity index is 2.17. The van der Waals surface area contributed by atoms with Crippen LogP contribution in [0.4, 0.5) is 15.8 Å². The minimum Gasteiger partial charge on any atom is -0.478 e. The van der Waals surface area contributed by atoms with E-state index >= 15 is 0 Å². The maximum absolute atomic E-state index is 13.6. The molecule has 0 bridgehead atoms. The fourth-order valence-electron chi connectivity index (χ4n) is 3.59. The van der Waals surface area contributed by atoms with Crippen molar-refractivity contribution in [1.82, 2.24) is 4.72 Å². The summed E-state index contributed by atoms with van der Waals surface area (Å²) in [5, 5.41) is 8.85. The van der Waals surface area contributed by atoms with E-state index in [0.29, 0.717) is 35.0 Å². The first-order valence-electron chi connectivity index (χ1n) is 10.7. The molecule has 1 aliphatic heterocycles. The van der Waals surface area contributed by atoms with Crippen LogP contribution in [0.1, 0.15) is 33.1 Å². The Morgan fingerprint density at radius 2 is 2.03 bits per heavy atom. The molecule has 1 aliphatic rings. The summed E-state index contributed by atoms with van der Waals surface area (Å²) >= 11 is 1.45. The van der Waals surface area contributed by atoms with Gasteiger partial charge in [-0.15, -0.1) is 11.8 Å². The van der Waals surface area contributed by atoms with Crippen molar-refractivity contribution in [2.24, 2.45) is 0 Å². The van der Waals surface area contributed by atoms with Gasteiger partial charge in [-0.05, 0) is 42.5 Å². The molecule has 7 nitrogen and oxygen atoms in total. The molecule has 0 spiro atoms. The van der Waals surface area contributed by atoms with E-state index in [0.717, 1.165) is 25.2 Å². The summed E-state index contributed by atoms with van der Waals surface area (Å²) in [6, 6.07) is 8.75. The predicted molar refractivity (Wildman–Crippen MR) is 127 cm³/mol. The summed E-state index contributed by atoms with van der Waals surface area (Å²) in [6.45, 7) is 4.37. The summed E-state index contributed by atoms with van der Waals surface area (Å²) in [5.74, 6) is -0.615. The summed E-state index contributed by atoms with van der Waals surface area (Å²) in [7, 11) is -3.90. The van der Waals surface area contributed by atoms with Crippen molar-refractivity contribution in [1.29, 1.82) is 0 Å². The fraction of sp³-hybridized carbons (Fsp3) is 0.348. The number of hydrogen-bond donors (Lipinski definition) is 2. The Hall–Kier alpha value is -2.56. The third-order valence-electron chi connectivity index (χ3n) is 5.08. The molecule has 0 amide bonds. The van der Waals surface area contributed by atoms with Gasteiger partial charge < -0.3 is 14.7 Å². The smallest absolute Gasteiger partial charge is 0.331 e. The van der Waals surface area contributed by atoms with Gasteiger partial charge in [-0.1, -0.05) is 26.7 Å². The third-order valence-corrected chi connectivity index (χ3v) is 7.55. The molecular weight excluding hydrogens is 467 g/mol. The number of sulfonamides is 1. The van der Waals surface area contributed by atoms with Crippen molar-refractivity contribution in [3.05, 3.63) is 54.6 Å². The van der Waals surface area contributed by atoms with Crippen molar-refractivity contribution >= 4 is 39.1 Å². The van der Waals surface area contributed by atoms with E-state index in [1.165, 1.54) is 30.0 Å². The number of carboxylic acid groups (broad SMARTS) is 1. The van der Waals surface area contributed by atoms with E-state index in [1.807, 2.05) is 18.7 Å². The summed E-state index contributed by atoms with van der Waals surface area (Å²) in [5.41, 5.74) is 1.13. The summed E-state index contributed by atoms with van der Waals surface area (Å²) in [6.07, 6.45) is 4.29. The zero-order valence-electron chi connectivity index (χ0n) is 18.5. The fourth-order valence-corrected chi connectivity index (χ4v) is 5.81. The van der Waals surface area contributed by atoms with Crippen molar-refractivity contribution in [3.8, 4) is 5.75 Å². The minimum atomic E-state index is -3.90. The van der Waals surface area contributed by atoms with Crippen LogP contribution >= 0.6 is 11.8 Å². The molecule has 33 heavy (non-hydrogen) atoms. The lowest BCUT2D eigenvalue weighted by Gasteiger charge is -2.27. The molecule has 2 aromatic rings. The zero-order valence-corrected chi connectivity index (χ0v) is 20.1. The van der Waals surface area contributed by atoms with Crippen LogP contribution in [-0.4, -0.2) is 37.8 Å². The maximum atomic E-state index is 13.6. The molecule has 1 heterocycles. The van der Waals surface area contributed by atoms with Crippen LogP contribution < -0.4 is 14.4 Å². The Bertz CT molecular complexity index is 1120. The minimum absolute atomic E-state index is 0.0185. The molecule has 0 aromatic heterocycles. The van der Waals surface area contributed by atoms with E-state index < -0.39 is 16.0 Å². The first-order valence-corrected chi connectivity index (χ1v) is 13.1. The van der Waals surface area contributed by atoms with Crippen LogP contribution in [0.3, 0.4) is 0 Å². The van der Waals surface area contributed by atoms with E-state index in [2.05, 4.69) is 4.72 Å². The number of benzene rings is 2.